The molecule has 124 valence electrons. The van der Waals surface area contributed by atoms with Gasteiger partial charge in [-0.3, -0.25) is 4.79 Å². The highest BCUT2D eigenvalue weighted by atomic mass is 19.4. The Hall–Kier alpha value is -2.58. The van der Waals surface area contributed by atoms with Gasteiger partial charge in [0.05, 0.1) is 6.33 Å². The molecule has 0 spiro atoms. The first-order valence-corrected chi connectivity index (χ1v) is 6.76. The monoisotopic (exact) mass is 328 g/mol. The van der Waals surface area contributed by atoms with Crippen LogP contribution in [0.15, 0.2) is 37.1 Å². The van der Waals surface area contributed by atoms with Gasteiger partial charge in [-0.2, -0.15) is 13.2 Å². The molecule has 0 aliphatic heterocycles. The summed E-state index contributed by atoms with van der Waals surface area (Å²) in [5.74, 6) is -0.903. The van der Waals surface area contributed by atoms with E-state index < -0.39 is 18.7 Å². The summed E-state index contributed by atoms with van der Waals surface area (Å²) in [6.07, 6.45) is 1.71. The van der Waals surface area contributed by atoms with Gasteiger partial charge in [0.25, 0.3) is 5.91 Å². The van der Waals surface area contributed by atoms with E-state index in [1.165, 1.54) is 18.3 Å². The Labute approximate surface area is 130 Å². The van der Waals surface area contributed by atoms with Gasteiger partial charge in [0, 0.05) is 31.2 Å². The second kappa shape index (κ2) is 7.12. The lowest BCUT2D eigenvalue weighted by molar-refractivity contribution is -0.154. The Kier molecular flexibility index (Phi) is 5.20. The summed E-state index contributed by atoms with van der Waals surface area (Å²) >= 11 is 0. The third-order valence-corrected chi connectivity index (χ3v) is 2.81. The zero-order valence-electron chi connectivity index (χ0n) is 12.2. The predicted octanol–water partition coefficient (Wildman–Crippen LogP) is 2.04. The maximum Gasteiger partial charge on any atom is 0.422 e. The van der Waals surface area contributed by atoms with Crippen molar-refractivity contribution in [2.75, 3.05) is 6.61 Å². The number of hydrogen-bond acceptors (Lipinski definition) is 4. The Balaban J connectivity index is 2.01. The highest BCUT2D eigenvalue weighted by molar-refractivity contribution is 5.96. The Morgan fingerprint density at radius 2 is 2.22 bits per heavy atom. The molecule has 2 heterocycles. The van der Waals surface area contributed by atoms with Crippen LogP contribution >= 0.6 is 0 Å². The van der Waals surface area contributed by atoms with Crippen LogP contribution in [-0.2, 0) is 6.54 Å². The lowest BCUT2D eigenvalue weighted by atomic mass is 10.2. The molecule has 2 aromatic rings. The number of amides is 1. The van der Waals surface area contributed by atoms with Crippen LogP contribution in [0, 0.1) is 0 Å². The van der Waals surface area contributed by atoms with Crippen molar-refractivity contribution in [2.45, 2.75) is 25.7 Å². The van der Waals surface area contributed by atoms with E-state index in [0.29, 0.717) is 6.54 Å². The molecule has 0 bridgehead atoms. The smallest absolute Gasteiger partial charge is 0.422 e. The number of aromatic nitrogens is 3. The number of carbonyl (C=O) groups is 1. The van der Waals surface area contributed by atoms with Crippen LogP contribution in [0.1, 0.15) is 17.3 Å². The molecule has 0 saturated carbocycles. The van der Waals surface area contributed by atoms with Crippen LogP contribution in [0.5, 0.6) is 5.88 Å². The van der Waals surface area contributed by atoms with Crippen LogP contribution in [0.4, 0.5) is 13.2 Å². The van der Waals surface area contributed by atoms with Crippen molar-refractivity contribution in [3.8, 4) is 5.88 Å². The molecule has 2 rings (SSSR count). The molecule has 6 nitrogen and oxygen atoms in total. The molecule has 0 aromatic carbocycles. The quantitative estimate of drug-likeness (QED) is 0.881. The molecular weight excluding hydrogens is 313 g/mol. The van der Waals surface area contributed by atoms with E-state index >= 15 is 0 Å². The minimum Gasteiger partial charge on any atom is -0.467 e. The molecule has 1 atom stereocenters. The summed E-state index contributed by atoms with van der Waals surface area (Å²) in [4.78, 5) is 19.8. The van der Waals surface area contributed by atoms with Gasteiger partial charge in [-0.1, -0.05) is 0 Å². The fourth-order valence-corrected chi connectivity index (χ4v) is 1.89. The van der Waals surface area contributed by atoms with Gasteiger partial charge in [0.15, 0.2) is 6.61 Å². The molecule has 1 amide bonds. The maximum atomic E-state index is 12.2. The van der Waals surface area contributed by atoms with Crippen LogP contribution in [0.2, 0.25) is 0 Å². The van der Waals surface area contributed by atoms with E-state index in [1.807, 2.05) is 0 Å². The zero-order chi connectivity index (χ0) is 16.9. The van der Waals surface area contributed by atoms with E-state index in [4.69, 9.17) is 0 Å². The Morgan fingerprint density at radius 1 is 1.43 bits per heavy atom. The molecule has 0 unspecified atom stereocenters. The maximum absolute atomic E-state index is 12.2. The first-order chi connectivity index (χ1) is 10.8. The van der Waals surface area contributed by atoms with Gasteiger partial charge in [-0.15, -0.1) is 0 Å². The van der Waals surface area contributed by atoms with Crippen LogP contribution in [0.25, 0.3) is 0 Å². The average molecular weight is 328 g/mol. The number of carbonyl (C=O) groups excluding carboxylic acids is 1. The average Bonchev–Trinajstić information content (AvgIpc) is 2.97. The molecule has 2 aromatic heterocycles. The lowest BCUT2D eigenvalue weighted by Crippen LogP contribution is -2.36. The molecule has 0 fully saturated rings. The second-order valence-corrected chi connectivity index (χ2v) is 4.89. The van der Waals surface area contributed by atoms with Crippen LogP contribution in [-0.4, -0.2) is 39.3 Å². The van der Waals surface area contributed by atoms with Gasteiger partial charge >= 0.3 is 6.18 Å². The van der Waals surface area contributed by atoms with Crippen LogP contribution in [0.3, 0.4) is 0 Å². The number of alkyl halides is 3. The highest BCUT2D eigenvalue weighted by Crippen LogP contribution is 2.20. The third kappa shape index (κ3) is 5.28. The van der Waals surface area contributed by atoms with E-state index in [0.717, 1.165) is 0 Å². The van der Waals surface area contributed by atoms with E-state index in [2.05, 4.69) is 20.0 Å². The second-order valence-electron chi connectivity index (χ2n) is 4.89. The highest BCUT2D eigenvalue weighted by Gasteiger charge is 2.29. The molecule has 0 radical (unpaired) electrons. The van der Waals surface area contributed by atoms with Crippen molar-refractivity contribution < 1.29 is 22.7 Å². The summed E-state index contributed by atoms with van der Waals surface area (Å²) in [7, 11) is 0. The number of ether oxygens (including phenoxy) is 1. The normalized spacial score (nSPS) is 12.7. The molecule has 23 heavy (non-hydrogen) atoms. The fraction of sp³-hybridized carbons (Fsp3) is 0.357. The molecular formula is C14H15F3N4O2. The van der Waals surface area contributed by atoms with Crippen molar-refractivity contribution in [3.63, 3.8) is 0 Å². The molecule has 0 saturated heterocycles. The minimum atomic E-state index is -4.50. The van der Waals surface area contributed by atoms with Crippen molar-refractivity contribution in [3.05, 3.63) is 42.6 Å². The lowest BCUT2D eigenvalue weighted by Gasteiger charge is -2.16. The number of imidazole rings is 1. The standard InChI is InChI=1S/C14H15F3N4O2/c1-10(7-21-6-5-18-9-21)20-12(22)11-3-2-4-19-13(11)23-8-14(15,16)17/h2-6,9-10H,7-8H2,1H3,(H,20,22)/t10-/m0/s1. The Morgan fingerprint density at radius 3 is 2.87 bits per heavy atom. The Bertz CT molecular complexity index is 644. The first kappa shape index (κ1) is 16.8. The fourth-order valence-electron chi connectivity index (χ4n) is 1.89. The largest absolute Gasteiger partial charge is 0.467 e. The van der Waals surface area contributed by atoms with Crippen LogP contribution < -0.4 is 10.1 Å². The van der Waals surface area contributed by atoms with Gasteiger partial charge in [0.2, 0.25) is 5.88 Å². The van der Waals surface area contributed by atoms with Crippen molar-refractivity contribution in [2.24, 2.45) is 0 Å². The summed E-state index contributed by atoms with van der Waals surface area (Å²) in [6.45, 7) is 0.740. The summed E-state index contributed by atoms with van der Waals surface area (Å²) in [5, 5.41) is 2.68. The molecule has 9 heteroatoms. The molecule has 1 N–H and O–H groups in total. The summed E-state index contributed by atoms with van der Waals surface area (Å²) < 4.78 is 43.1. The zero-order valence-corrected chi connectivity index (χ0v) is 12.2. The van der Waals surface area contributed by atoms with E-state index in [1.54, 1.807) is 30.2 Å². The number of pyridine rings is 1. The van der Waals surface area contributed by atoms with Gasteiger partial charge in [0.1, 0.15) is 5.56 Å². The van der Waals surface area contributed by atoms with Crippen molar-refractivity contribution >= 4 is 5.91 Å². The minimum absolute atomic E-state index is 0.0470. The first-order valence-electron chi connectivity index (χ1n) is 6.76. The SMILES string of the molecule is C[C@@H](Cn1ccnc1)NC(=O)c1cccnc1OCC(F)(F)F. The summed E-state index contributed by atoms with van der Waals surface area (Å²) in [5.41, 5.74) is -0.0470. The van der Waals surface area contributed by atoms with Gasteiger partial charge < -0.3 is 14.6 Å². The number of hydrogen-bond donors (Lipinski definition) is 1. The van der Waals surface area contributed by atoms with Gasteiger partial charge in [-0.25, -0.2) is 9.97 Å². The number of rotatable bonds is 6. The third-order valence-electron chi connectivity index (χ3n) is 2.81. The topological polar surface area (TPSA) is 69.0 Å². The van der Waals surface area contributed by atoms with Gasteiger partial charge in [-0.05, 0) is 19.1 Å². The number of nitrogens with zero attached hydrogens (tertiary/aromatic N) is 3. The van der Waals surface area contributed by atoms with Crippen molar-refractivity contribution in [1.29, 1.82) is 0 Å². The van der Waals surface area contributed by atoms with E-state index in [9.17, 15) is 18.0 Å². The number of halogens is 3. The molecule has 0 aliphatic carbocycles. The number of nitrogens with one attached hydrogen (secondary N) is 1. The predicted molar refractivity (Wildman–Crippen MR) is 74.9 cm³/mol. The molecule has 0 aliphatic rings. The van der Waals surface area contributed by atoms with E-state index in [-0.39, 0.29) is 17.5 Å². The van der Waals surface area contributed by atoms with Crippen molar-refractivity contribution in [1.82, 2.24) is 19.9 Å². The summed E-state index contributed by atoms with van der Waals surface area (Å²) in [6, 6.07) is 2.56.